The Morgan fingerprint density at radius 3 is 2.27 bits per heavy atom. The molecule has 0 unspecified atom stereocenters. The monoisotopic (exact) mass is 466 g/mol. The number of aromatic nitrogens is 1. The van der Waals surface area contributed by atoms with E-state index in [4.69, 9.17) is 5.11 Å². The molecule has 0 aliphatic carbocycles. The molecule has 9 nitrogen and oxygen atoms in total. The number of nitrogens with zero attached hydrogens (tertiary/aromatic N) is 4. The van der Waals surface area contributed by atoms with E-state index in [0.29, 0.717) is 46.3 Å². The Kier molecular flexibility index (Phi) is 9.52. The van der Waals surface area contributed by atoms with Crippen molar-refractivity contribution in [3.8, 4) is 12.1 Å². The van der Waals surface area contributed by atoms with Gasteiger partial charge in [-0.25, -0.2) is 9.78 Å². The van der Waals surface area contributed by atoms with Crippen LogP contribution in [0.1, 0.15) is 41.2 Å². The van der Waals surface area contributed by atoms with Crippen LogP contribution in [0.25, 0.3) is 0 Å². The van der Waals surface area contributed by atoms with Crippen molar-refractivity contribution in [2.75, 3.05) is 25.5 Å². The van der Waals surface area contributed by atoms with Gasteiger partial charge in [0.15, 0.2) is 0 Å². The number of amides is 2. The molecule has 0 aliphatic rings. The van der Waals surface area contributed by atoms with Gasteiger partial charge in [0.05, 0.1) is 11.1 Å². The maximum atomic E-state index is 11.8. The summed E-state index contributed by atoms with van der Waals surface area (Å²) in [4.78, 5) is 28.5. The summed E-state index contributed by atoms with van der Waals surface area (Å²) < 4.78 is 0. The fourth-order valence-electron chi connectivity index (χ4n) is 3.09. The van der Waals surface area contributed by atoms with E-state index < -0.39 is 6.09 Å². The summed E-state index contributed by atoms with van der Waals surface area (Å²) in [5, 5.41) is 33.3. The predicted molar refractivity (Wildman–Crippen MR) is 126 cm³/mol. The van der Waals surface area contributed by atoms with Crippen LogP contribution in [0, 0.1) is 22.7 Å². The van der Waals surface area contributed by atoms with Gasteiger partial charge in [-0.1, -0.05) is 31.2 Å². The van der Waals surface area contributed by atoms with Crippen LogP contribution in [0.4, 0.5) is 10.6 Å². The van der Waals surface area contributed by atoms with Gasteiger partial charge in [-0.05, 0) is 23.1 Å². The molecule has 3 N–H and O–H groups in total. The number of nitrogens with one attached hydrogen (secondary N) is 2. The van der Waals surface area contributed by atoms with Crippen molar-refractivity contribution < 1.29 is 14.7 Å². The number of hydrogen-bond donors (Lipinski definition) is 3. The highest BCUT2D eigenvalue weighted by Crippen LogP contribution is 2.32. The first-order valence-corrected chi connectivity index (χ1v) is 11.3. The quantitative estimate of drug-likeness (QED) is 0.454. The normalized spacial score (nSPS) is 10.1. The smallest absolute Gasteiger partial charge is 0.404 e. The number of carbonyl (C=O) groups excluding carboxylic acids is 1. The maximum Gasteiger partial charge on any atom is 0.404 e. The number of benzene rings is 1. The minimum Gasteiger partial charge on any atom is -0.465 e. The van der Waals surface area contributed by atoms with Crippen LogP contribution in [-0.2, 0) is 23.5 Å². The average molecular weight is 467 g/mol. The van der Waals surface area contributed by atoms with Gasteiger partial charge in [-0.2, -0.15) is 10.5 Å². The van der Waals surface area contributed by atoms with Crippen LogP contribution in [0.3, 0.4) is 0 Å². The molecule has 1 aromatic carbocycles. The van der Waals surface area contributed by atoms with E-state index in [1.54, 1.807) is 4.90 Å². The standard InChI is InChI=1S/C23H26N6O3S/c1-4-17-18(11-24)21(29(2)3)28-22(19(17)12-25)33-14-16-7-5-15(6-8-16)13-27-20(30)9-10-26-23(31)32/h5-8,26H,4,9-10,13-14H2,1-3H3,(H,27,30)(H,31,32). The van der Waals surface area contributed by atoms with Crippen molar-refractivity contribution in [1.82, 2.24) is 15.6 Å². The molecule has 2 rings (SSSR count). The third-order valence-electron chi connectivity index (χ3n) is 4.77. The topological polar surface area (TPSA) is 142 Å². The Hall–Kier alpha value is -3.76. The van der Waals surface area contributed by atoms with Crippen molar-refractivity contribution in [2.24, 2.45) is 0 Å². The van der Waals surface area contributed by atoms with Crippen LogP contribution in [0.5, 0.6) is 0 Å². The predicted octanol–water partition coefficient (Wildman–Crippen LogP) is 3.02. The molecule has 0 aliphatic heterocycles. The number of hydrogen-bond acceptors (Lipinski definition) is 7. The fraction of sp³-hybridized carbons (Fsp3) is 0.348. The highest BCUT2D eigenvalue weighted by Gasteiger charge is 2.20. The molecule has 0 radical (unpaired) electrons. The number of pyridine rings is 1. The number of carbonyl (C=O) groups is 2. The summed E-state index contributed by atoms with van der Waals surface area (Å²) >= 11 is 1.45. The number of carboxylic acid groups (broad SMARTS) is 1. The van der Waals surface area contributed by atoms with E-state index in [1.165, 1.54) is 11.8 Å². The third kappa shape index (κ3) is 7.13. The van der Waals surface area contributed by atoms with E-state index in [1.807, 2.05) is 45.3 Å². The van der Waals surface area contributed by atoms with Crippen molar-refractivity contribution in [3.63, 3.8) is 0 Å². The molecule has 0 saturated carbocycles. The summed E-state index contributed by atoms with van der Waals surface area (Å²) in [7, 11) is 3.65. The van der Waals surface area contributed by atoms with E-state index in [9.17, 15) is 20.1 Å². The zero-order valence-electron chi connectivity index (χ0n) is 18.8. The summed E-state index contributed by atoms with van der Waals surface area (Å²) in [6.45, 7) is 2.34. The van der Waals surface area contributed by atoms with E-state index >= 15 is 0 Å². The van der Waals surface area contributed by atoms with Gasteiger partial charge in [0.1, 0.15) is 23.0 Å². The van der Waals surface area contributed by atoms with Crippen LogP contribution >= 0.6 is 11.8 Å². The number of thioether (sulfide) groups is 1. The minimum atomic E-state index is -1.15. The molecule has 1 aromatic heterocycles. The molecule has 0 atom stereocenters. The highest BCUT2D eigenvalue weighted by molar-refractivity contribution is 7.98. The lowest BCUT2D eigenvalue weighted by atomic mass is 10.0. The lowest BCUT2D eigenvalue weighted by Crippen LogP contribution is -2.29. The second-order valence-electron chi connectivity index (χ2n) is 7.30. The SMILES string of the molecule is CCc1c(C#N)c(SCc2ccc(CNC(=O)CCNC(=O)O)cc2)nc(N(C)C)c1C#N. The van der Waals surface area contributed by atoms with Crippen molar-refractivity contribution in [2.45, 2.75) is 37.1 Å². The van der Waals surface area contributed by atoms with Gasteiger partial charge >= 0.3 is 6.09 Å². The first-order valence-electron chi connectivity index (χ1n) is 10.3. The Bertz CT molecular complexity index is 1090. The minimum absolute atomic E-state index is 0.0701. The Morgan fingerprint density at radius 1 is 1.09 bits per heavy atom. The fourth-order valence-corrected chi connectivity index (χ4v) is 4.05. The van der Waals surface area contributed by atoms with Crippen LogP contribution in [0.2, 0.25) is 0 Å². The van der Waals surface area contributed by atoms with Gasteiger partial charge in [-0.15, -0.1) is 11.8 Å². The summed E-state index contributed by atoms with van der Waals surface area (Å²) in [5.74, 6) is 0.917. The third-order valence-corrected chi connectivity index (χ3v) is 5.81. The molecule has 0 spiro atoms. The molecule has 33 heavy (non-hydrogen) atoms. The molecule has 0 fully saturated rings. The molecule has 2 amide bonds. The van der Waals surface area contributed by atoms with Gasteiger partial charge in [0.25, 0.3) is 0 Å². The maximum absolute atomic E-state index is 11.8. The van der Waals surface area contributed by atoms with Crippen LogP contribution in [0.15, 0.2) is 29.3 Å². The van der Waals surface area contributed by atoms with Crippen molar-refractivity contribution in [3.05, 3.63) is 52.1 Å². The Balaban J connectivity index is 2.05. The molecule has 10 heteroatoms. The first-order chi connectivity index (χ1) is 15.8. The molecular formula is C23H26N6O3S. The van der Waals surface area contributed by atoms with Gasteiger partial charge in [0.2, 0.25) is 5.91 Å². The molecule has 2 aromatic rings. The molecule has 1 heterocycles. The van der Waals surface area contributed by atoms with Crippen LogP contribution < -0.4 is 15.5 Å². The van der Waals surface area contributed by atoms with Crippen molar-refractivity contribution in [1.29, 1.82) is 10.5 Å². The lowest BCUT2D eigenvalue weighted by Gasteiger charge is -2.18. The van der Waals surface area contributed by atoms with E-state index in [0.717, 1.165) is 11.1 Å². The number of nitriles is 2. The van der Waals surface area contributed by atoms with Gasteiger partial charge in [-0.3, -0.25) is 4.79 Å². The molecular weight excluding hydrogens is 440 g/mol. The first kappa shape index (κ1) is 25.5. The molecule has 0 bridgehead atoms. The van der Waals surface area contributed by atoms with Crippen molar-refractivity contribution >= 4 is 29.6 Å². The zero-order valence-corrected chi connectivity index (χ0v) is 19.6. The number of rotatable bonds is 10. The second kappa shape index (κ2) is 12.3. The Morgan fingerprint density at radius 2 is 1.73 bits per heavy atom. The summed E-state index contributed by atoms with van der Waals surface area (Å²) in [6.07, 6.45) is -0.512. The molecule has 172 valence electrons. The highest BCUT2D eigenvalue weighted by atomic mass is 32.2. The summed E-state index contributed by atoms with van der Waals surface area (Å²) in [5.41, 5.74) is 3.54. The largest absolute Gasteiger partial charge is 0.465 e. The average Bonchev–Trinajstić information content (AvgIpc) is 2.80. The number of anilines is 1. The van der Waals surface area contributed by atoms with Gasteiger partial charge < -0.3 is 20.6 Å². The lowest BCUT2D eigenvalue weighted by molar-refractivity contribution is -0.121. The van der Waals surface area contributed by atoms with Gasteiger partial charge in [0, 0.05) is 39.4 Å². The second-order valence-corrected chi connectivity index (χ2v) is 8.27. The van der Waals surface area contributed by atoms with E-state index in [2.05, 4.69) is 27.8 Å². The Labute approximate surface area is 197 Å². The summed E-state index contributed by atoms with van der Waals surface area (Å²) in [6, 6.07) is 12.1. The van der Waals surface area contributed by atoms with Crippen LogP contribution in [-0.4, -0.2) is 42.7 Å². The molecule has 0 saturated heterocycles. The van der Waals surface area contributed by atoms with E-state index in [-0.39, 0.29) is 18.9 Å². The zero-order chi connectivity index (χ0) is 24.4.